The molecule has 0 saturated heterocycles. The lowest BCUT2D eigenvalue weighted by molar-refractivity contribution is 0.0694. The van der Waals surface area contributed by atoms with Crippen LogP contribution < -0.4 is 0 Å². The quantitative estimate of drug-likeness (QED) is 0.710. The molecule has 1 unspecified atom stereocenters. The summed E-state index contributed by atoms with van der Waals surface area (Å²) in [6.07, 6.45) is 4.30. The summed E-state index contributed by atoms with van der Waals surface area (Å²) in [4.78, 5) is 19.0. The summed E-state index contributed by atoms with van der Waals surface area (Å²) in [7, 11) is 0. The lowest BCUT2D eigenvalue weighted by Gasteiger charge is -2.37. The van der Waals surface area contributed by atoms with Crippen molar-refractivity contribution in [3.63, 3.8) is 0 Å². The predicted octanol–water partition coefficient (Wildman–Crippen LogP) is 4.01. The molecule has 0 fully saturated rings. The standard InChI is InChI=1S/C21H17FN2O/c22-18-7-5-17(6-8-18)21(25)24-14-11-15-3-1-2-4-19(15)20(24)16-9-12-23-13-10-16/h1-10,12-13,20H,11,14H2. The van der Waals surface area contributed by atoms with Gasteiger partial charge in [-0.1, -0.05) is 24.3 Å². The first-order chi connectivity index (χ1) is 12.2. The first kappa shape index (κ1) is 15.5. The number of benzene rings is 2. The molecule has 0 radical (unpaired) electrons. The molecule has 3 aromatic rings. The molecule has 4 heteroatoms. The molecule has 0 N–H and O–H groups in total. The van der Waals surface area contributed by atoms with Crippen molar-refractivity contribution in [2.24, 2.45) is 0 Å². The van der Waals surface area contributed by atoms with Crippen LogP contribution in [0.5, 0.6) is 0 Å². The van der Waals surface area contributed by atoms with Gasteiger partial charge in [0, 0.05) is 24.5 Å². The Morgan fingerprint density at radius 3 is 2.48 bits per heavy atom. The Labute approximate surface area is 145 Å². The Hall–Kier alpha value is -3.01. The topological polar surface area (TPSA) is 33.2 Å². The number of carbonyl (C=O) groups is 1. The summed E-state index contributed by atoms with van der Waals surface area (Å²) in [5.74, 6) is -0.428. The number of halogens is 1. The monoisotopic (exact) mass is 332 g/mol. The van der Waals surface area contributed by atoms with Crippen molar-refractivity contribution in [3.05, 3.63) is 101 Å². The molecule has 1 amide bonds. The summed E-state index contributed by atoms with van der Waals surface area (Å²) in [5.41, 5.74) is 3.92. The molecule has 4 rings (SSSR count). The zero-order chi connectivity index (χ0) is 17.2. The lowest BCUT2D eigenvalue weighted by atomic mass is 9.88. The van der Waals surface area contributed by atoms with Crippen molar-refractivity contribution >= 4 is 5.91 Å². The summed E-state index contributed by atoms with van der Waals surface area (Å²) in [5, 5.41) is 0. The Morgan fingerprint density at radius 2 is 1.72 bits per heavy atom. The van der Waals surface area contributed by atoms with Crippen LogP contribution in [0.25, 0.3) is 0 Å². The first-order valence-electron chi connectivity index (χ1n) is 8.28. The number of fused-ring (bicyclic) bond motifs is 1. The largest absolute Gasteiger partial charge is 0.327 e. The van der Waals surface area contributed by atoms with E-state index < -0.39 is 0 Å². The third kappa shape index (κ3) is 2.91. The Bertz CT molecular complexity index is 893. The fourth-order valence-corrected chi connectivity index (χ4v) is 3.45. The third-order valence-electron chi connectivity index (χ3n) is 4.66. The minimum Gasteiger partial charge on any atom is -0.327 e. The summed E-state index contributed by atoms with van der Waals surface area (Å²) < 4.78 is 13.2. The normalized spacial score (nSPS) is 16.4. The number of hydrogen-bond acceptors (Lipinski definition) is 2. The van der Waals surface area contributed by atoms with Crippen molar-refractivity contribution in [1.29, 1.82) is 0 Å². The number of amides is 1. The highest BCUT2D eigenvalue weighted by Crippen LogP contribution is 2.35. The van der Waals surface area contributed by atoms with Crippen molar-refractivity contribution in [1.82, 2.24) is 9.88 Å². The maximum absolute atomic E-state index is 13.2. The van der Waals surface area contributed by atoms with Gasteiger partial charge >= 0.3 is 0 Å². The lowest BCUT2D eigenvalue weighted by Crippen LogP contribution is -2.40. The molecule has 3 nitrogen and oxygen atoms in total. The zero-order valence-electron chi connectivity index (χ0n) is 13.6. The molecule has 25 heavy (non-hydrogen) atoms. The fraction of sp³-hybridized carbons (Fsp3) is 0.143. The molecule has 1 atom stereocenters. The van der Waals surface area contributed by atoms with Gasteiger partial charge in [0.25, 0.3) is 5.91 Å². The third-order valence-corrected chi connectivity index (χ3v) is 4.66. The van der Waals surface area contributed by atoms with Gasteiger partial charge in [0.15, 0.2) is 0 Å². The van der Waals surface area contributed by atoms with E-state index in [1.54, 1.807) is 24.5 Å². The van der Waals surface area contributed by atoms with Crippen molar-refractivity contribution < 1.29 is 9.18 Å². The van der Waals surface area contributed by atoms with E-state index in [4.69, 9.17) is 0 Å². The number of hydrogen-bond donors (Lipinski definition) is 0. The van der Waals surface area contributed by atoms with Crippen LogP contribution in [0.4, 0.5) is 4.39 Å². The van der Waals surface area contributed by atoms with E-state index >= 15 is 0 Å². The van der Waals surface area contributed by atoms with Crippen LogP contribution in [0.3, 0.4) is 0 Å². The predicted molar refractivity (Wildman–Crippen MR) is 93.7 cm³/mol. The molecule has 0 bridgehead atoms. The number of aromatic nitrogens is 1. The van der Waals surface area contributed by atoms with Gasteiger partial charge in [-0.25, -0.2) is 4.39 Å². The summed E-state index contributed by atoms with van der Waals surface area (Å²) in [6.45, 7) is 0.625. The van der Waals surface area contributed by atoms with Gasteiger partial charge in [0.2, 0.25) is 0 Å². The maximum Gasteiger partial charge on any atom is 0.254 e. The Morgan fingerprint density at radius 1 is 1.00 bits per heavy atom. The molecule has 0 saturated carbocycles. The fourth-order valence-electron chi connectivity index (χ4n) is 3.45. The molecule has 2 aromatic carbocycles. The second-order valence-electron chi connectivity index (χ2n) is 6.14. The second-order valence-corrected chi connectivity index (χ2v) is 6.14. The highest BCUT2D eigenvalue weighted by atomic mass is 19.1. The molecule has 1 aliphatic rings. The summed E-state index contributed by atoms with van der Waals surface area (Å²) in [6, 6.07) is 17.7. The van der Waals surface area contributed by atoms with E-state index in [1.807, 2.05) is 29.2 Å². The van der Waals surface area contributed by atoms with Gasteiger partial charge in [-0.05, 0) is 59.5 Å². The molecule has 1 aliphatic heterocycles. The highest BCUT2D eigenvalue weighted by molar-refractivity contribution is 5.95. The Kier molecular flexibility index (Phi) is 4.02. The van der Waals surface area contributed by atoms with Crippen LogP contribution in [0.1, 0.15) is 33.1 Å². The average molecular weight is 332 g/mol. The van der Waals surface area contributed by atoms with Crippen LogP contribution in [0.2, 0.25) is 0 Å². The van der Waals surface area contributed by atoms with E-state index in [-0.39, 0.29) is 17.8 Å². The number of rotatable bonds is 2. The molecular weight excluding hydrogens is 315 g/mol. The smallest absolute Gasteiger partial charge is 0.254 e. The van der Waals surface area contributed by atoms with Crippen LogP contribution in [0.15, 0.2) is 73.1 Å². The number of carbonyl (C=O) groups excluding carboxylic acids is 1. The molecule has 2 heterocycles. The van der Waals surface area contributed by atoms with E-state index in [0.717, 1.165) is 17.5 Å². The van der Waals surface area contributed by atoms with Gasteiger partial charge in [0.1, 0.15) is 5.82 Å². The highest BCUT2D eigenvalue weighted by Gasteiger charge is 2.32. The van der Waals surface area contributed by atoms with Crippen LogP contribution in [-0.4, -0.2) is 22.3 Å². The van der Waals surface area contributed by atoms with Crippen LogP contribution >= 0.6 is 0 Å². The zero-order valence-corrected chi connectivity index (χ0v) is 13.6. The number of pyridine rings is 1. The number of nitrogens with zero attached hydrogens (tertiary/aromatic N) is 2. The van der Waals surface area contributed by atoms with Crippen molar-refractivity contribution in [2.75, 3.05) is 6.54 Å². The molecular formula is C21H17FN2O. The maximum atomic E-state index is 13.2. The van der Waals surface area contributed by atoms with Gasteiger partial charge in [0.05, 0.1) is 6.04 Å². The van der Waals surface area contributed by atoms with Gasteiger partial charge in [-0.15, -0.1) is 0 Å². The van der Waals surface area contributed by atoms with Crippen LogP contribution in [0, 0.1) is 5.82 Å². The van der Waals surface area contributed by atoms with Crippen molar-refractivity contribution in [3.8, 4) is 0 Å². The van der Waals surface area contributed by atoms with Crippen LogP contribution in [-0.2, 0) is 6.42 Å². The molecule has 0 spiro atoms. The van der Waals surface area contributed by atoms with Gasteiger partial charge < -0.3 is 4.90 Å². The molecule has 1 aromatic heterocycles. The first-order valence-corrected chi connectivity index (χ1v) is 8.28. The Balaban J connectivity index is 1.78. The minimum atomic E-state index is -0.341. The molecule has 124 valence electrons. The SMILES string of the molecule is O=C(c1ccc(F)cc1)N1CCc2ccccc2C1c1ccncc1. The second kappa shape index (κ2) is 6.48. The van der Waals surface area contributed by atoms with E-state index in [1.165, 1.54) is 17.7 Å². The van der Waals surface area contributed by atoms with Crippen molar-refractivity contribution in [2.45, 2.75) is 12.5 Å². The van der Waals surface area contributed by atoms with E-state index in [2.05, 4.69) is 17.1 Å². The van der Waals surface area contributed by atoms with Gasteiger partial charge in [-0.3, -0.25) is 9.78 Å². The van der Waals surface area contributed by atoms with E-state index in [9.17, 15) is 9.18 Å². The average Bonchev–Trinajstić information content (AvgIpc) is 2.68. The van der Waals surface area contributed by atoms with E-state index in [0.29, 0.717) is 12.1 Å². The molecule has 0 aliphatic carbocycles. The summed E-state index contributed by atoms with van der Waals surface area (Å²) >= 11 is 0. The minimum absolute atomic E-state index is 0.0867. The van der Waals surface area contributed by atoms with Gasteiger partial charge in [-0.2, -0.15) is 0 Å².